The predicted molar refractivity (Wildman–Crippen MR) is 201 cm³/mol. The van der Waals surface area contributed by atoms with E-state index in [1.165, 1.54) is 28.1 Å². The van der Waals surface area contributed by atoms with Gasteiger partial charge < -0.3 is 50.6 Å². The van der Waals surface area contributed by atoms with Gasteiger partial charge in [-0.05, 0) is 62.4 Å². The van der Waals surface area contributed by atoms with Crippen molar-refractivity contribution in [1.29, 1.82) is 0 Å². The van der Waals surface area contributed by atoms with Gasteiger partial charge in [0.15, 0.2) is 5.70 Å². The van der Waals surface area contributed by atoms with Crippen molar-refractivity contribution < 1.29 is 48.7 Å². The molecule has 0 aliphatic heterocycles. The molecule has 4 aromatic rings. The highest BCUT2D eigenvalue weighted by atomic mass is 16.5. The summed E-state index contributed by atoms with van der Waals surface area (Å²) in [6, 6.07) is 27.9. The van der Waals surface area contributed by atoms with Crippen molar-refractivity contribution in [3.8, 4) is 23.0 Å². The number of nitrogens with one attached hydrogen (secondary N) is 2. The van der Waals surface area contributed by atoms with Gasteiger partial charge in [0.25, 0.3) is 5.91 Å². The van der Waals surface area contributed by atoms with Crippen molar-refractivity contribution in [3.63, 3.8) is 0 Å². The van der Waals surface area contributed by atoms with E-state index in [-0.39, 0.29) is 56.0 Å². The third kappa shape index (κ3) is 15.5. The molecule has 7 N–H and O–H groups in total. The summed E-state index contributed by atoms with van der Waals surface area (Å²) in [4.78, 5) is 34.5. The molecule has 15 heteroatoms. The number of nitrogens with zero attached hydrogens (tertiary/aromatic N) is 2. The average Bonchev–Trinajstić information content (AvgIpc) is 3.14. The van der Waals surface area contributed by atoms with E-state index in [9.17, 15) is 19.5 Å². The Morgan fingerprint density at radius 2 is 1.15 bits per heavy atom. The molecule has 53 heavy (non-hydrogen) atoms. The third-order valence-corrected chi connectivity index (χ3v) is 6.44. The number of Topliss-reactive ketones (excluding diaryl/α,β-unsaturated/α-hetero) is 1. The summed E-state index contributed by atoms with van der Waals surface area (Å²) in [5.41, 5.74) is 7.27. The lowest BCUT2D eigenvalue weighted by atomic mass is 10.2. The first-order chi connectivity index (χ1) is 25.5. The second-order valence-electron chi connectivity index (χ2n) is 10.6. The highest BCUT2D eigenvalue weighted by molar-refractivity contribution is 6.05. The van der Waals surface area contributed by atoms with Gasteiger partial charge in [-0.15, -0.1) is 10.2 Å². The molecule has 4 rings (SSSR count). The smallest absolute Gasteiger partial charge is 0.279 e. The molecule has 4 aromatic carbocycles. The molecule has 0 aliphatic carbocycles. The van der Waals surface area contributed by atoms with Crippen LogP contribution in [0.5, 0.6) is 23.0 Å². The average molecular weight is 732 g/mol. The molecule has 0 spiro atoms. The van der Waals surface area contributed by atoms with Crippen LogP contribution < -0.4 is 35.3 Å². The number of rotatable bonds is 15. The summed E-state index contributed by atoms with van der Waals surface area (Å²) < 4.78 is 20.7. The molecule has 15 nitrogen and oxygen atoms in total. The lowest BCUT2D eigenvalue weighted by molar-refractivity contribution is -0.124. The highest BCUT2D eigenvalue weighted by Gasteiger charge is 2.16. The number of allylic oxidation sites excluding steroid dienone is 1. The molecule has 2 amide bonds. The van der Waals surface area contributed by atoms with Crippen molar-refractivity contribution in [3.05, 3.63) is 109 Å². The number of para-hydroxylation sites is 7. The topological polar surface area (TPSA) is 224 Å². The van der Waals surface area contributed by atoms with E-state index in [0.717, 1.165) is 0 Å². The maximum Gasteiger partial charge on any atom is 0.279 e. The summed E-state index contributed by atoms with van der Waals surface area (Å²) in [6.45, 7) is 2.96. The molecule has 0 unspecified atom stereocenters. The molecule has 0 aliphatic rings. The molecule has 0 atom stereocenters. The zero-order valence-corrected chi connectivity index (χ0v) is 29.9. The number of ketones is 1. The number of carbonyl (C=O) groups excluding carboxylic acids is 3. The van der Waals surface area contributed by atoms with Crippen molar-refractivity contribution in [2.45, 2.75) is 20.3 Å². The molecular formula is C38H45N5O10. The summed E-state index contributed by atoms with van der Waals surface area (Å²) in [5, 5.41) is 40.3. The SMILES string of the molecule is COc1ccccc1NC(=O)C(N=Nc1ccccc1OCCO)=C(C)O.COc1ccccc1NC(=O)CC(C)=O.Nc1ccccc1OCCO. The van der Waals surface area contributed by atoms with Gasteiger partial charge >= 0.3 is 0 Å². The first kappa shape index (κ1) is 42.7. The van der Waals surface area contributed by atoms with Crippen LogP contribution in [0.2, 0.25) is 0 Å². The predicted octanol–water partition coefficient (Wildman–Crippen LogP) is 5.83. The van der Waals surface area contributed by atoms with Crippen molar-refractivity contribution in [1.82, 2.24) is 0 Å². The number of ether oxygens (including phenoxy) is 4. The van der Waals surface area contributed by atoms with Crippen LogP contribution in [0, 0.1) is 0 Å². The number of nitrogens with two attached hydrogens (primary N) is 1. The number of hydrogen-bond donors (Lipinski definition) is 6. The van der Waals surface area contributed by atoms with Crippen molar-refractivity contribution >= 4 is 40.3 Å². The number of aliphatic hydroxyl groups excluding tert-OH is 3. The van der Waals surface area contributed by atoms with Gasteiger partial charge in [0, 0.05) is 0 Å². The number of aliphatic hydroxyl groups is 3. The molecule has 0 saturated carbocycles. The van der Waals surface area contributed by atoms with Gasteiger partial charge in [0.2, 0.25) is 5.91 Å². The van der Waals surface area contributed by atoms with Gasteiger partial charge in [0.1, 0.15) is 53.4 Å². The third-order valence-electron chi connectivity index (χ3n) is 6.44. The maximum absolute atomic E-state index is 12.5. The Balaban J connectivity index is 0.000000312. The van der Waals surface area contributed by atoms with Crippen LogP contribution >= 0.6 is 0 Å². The minimum Gasteiger partial charge on any atom is -0.510 e. The monoisotopic (exact) mass is 731 g/mol. The summed E-state index contributed by atoms with van der Waals surface area (Å²) >= 11 is 0. The van der Waals surface area contributed by atoms with Gasteiger partial charge in [-0.1, -0.05) is 48.5 Å². The molecule has 0 bridgehead atoms. The molecule has 282 valence electrons. The number of azo groups is 1. The quantitative estimate of drug-likeness (QED) is 0.0280. The molecule has 0 heterocycles. The van der Waals surface area contributed by atoms with Crippen LogP contribution in [-0.2, 0) is 14.4 Å². The Labute approximate surface area is 307 Å². The summed E-state index contributed by atoms with van der Waals surface area (Å²) in [6.07, 6.45) is -0.113. The number of carbonyl (C=O) groups is 3. The molecular weight excluding hydrogens is 686 g/mol. The number of nitrogen functional groups attached to an aromatic ring is 1. The van der Waals surface area contributed by atoms with Crippen LogP contribution in [0.15, 0.2) is 119 Å². The Morgan fingerprint density at radius 1 is 0.679 bits per heavy atom. The highest BCUT2D eigenvalue weighted by Crippen LogP contribution is 2.29. The zero-order valence-electron chi connectivity index (χ0n) is 29.9. The van der Waals surface area contributed by atoms with Crippen LogP contribution in [0.4, 0.5) is 22.7 Å². The van der Waals surface area contributed by atoms with E-state index in [2.05, 4.69) is 20.9 Å². The minimum atomic E-state index is -0.642. The number of hydrogen-bond acceptors (Lipinski definition) is 13. The minimum absolute atomic E-state index is 0.00827. The number of anilines is 3. The lowest BCUT2D eigenvalue weighted by Gasteiger charge is -2.10. The Kier molecular flexibility index (Phi) is 19.2. The second kappa shape index (κ2) is 23.9. The van der Waals surface area contributed by atoms with Gasteiger partial charge in [-0.25, -0.2) is 0 Å². The van der Waals surface area contributed by atoms with E-state index >= 15 is 0 Å². The number of benzene rings is 4. The largest absolute Gasteiger partial charge is 0.510 e. The van der Waals surface area contributed by atoms with Gasteiger partial charge in [-0.3, -0.25) is 14.4 Å². The lowest BCUT2D eigenvalue weighted by Crippen LogP contribution is -2.15. The van der Waals surface area contributed by atoms with Crippen LogP contribution in [0.3, 0.4) is 0 Å². The normalized spacial score (nSPS) is 10.7. The standard InChI is InChI=1S/C19H21N3O5.C11H13NO3.C8H11NO2/c1-13(24)18(19(25)20-14-7-3-5-9-16(14)26-2)22-21-15-8-4-6-10-17(15)27-12-11-23;1-8(13)7-11(14)12-9-5-3-4-6-10(9)15-2;9-7-3-1-2-4-8(7)11-6-5-10/h3-10,23-24H,11-12H2,1-2H3,(H,20,25);3-6H,7H2,1-2H3,(H,12,14);1-4,10H,5-6,9H2. The van der Waals surface area contributed by atoms with E-state index in [1.807, 2.05) is 12.1 Å². The van der Waals surface area contributed by atoms with E-state index in [0.29, 0.717) is 45.7 Å². The first-order valence-corrected chi connectivity index (χ1v) is 16.1. The number of methoxy groups -OCH3 is 2. The molecule has 0 fully saturated rings. The fraction of sp³-hybridized carbons (Fsp3) is 0.237. The summed E-state index contributed by atoms with van der Waals surface area (Å²) in [7, 11) is 3.01. The maximum atomic E-state index is 12.5. The first-order valence-electron chi connectivity index (χ1n) is 16.1. The van der Waals surface area contributed by atoms with Crippen molar-refractivity contribution in [2.75, 3.05) is 57.0 Å². The second-order valence-corrected chi connectivity index (χ2v) is 10.6. The molecule has 0 aromatic heterocycles. The fourth-order valence-electron chi connectivity index (χ4n) is 4.07. The van der Waals surface area contributed by atoms with Crippen LogP contribution in [0.1, 0.15) is 20.3 Å². The number of amides is 2. The van der Waals surface area contributed by atoms with E-state index in [4.69, 9.17) is 34.9 Å². The zero-order chi connectivity index (χ0) is 39.0. The summed E-state index contributed by atoms with van der Waals surface area (Å²) in [5.74, 6) is 0.651. The van der Waals surface area contributed by atoms with Crippen LogP contribution in [0.25, 0.3) is 0 Å². The Hall–Kier alpha value is -6.45. The van der Waals surface area contributed by atoms with Crippen LogP contribution in [-0.4, -0.2) is 73.6 Å². The Bertz CT molecular complexity index is 1830. The van der Waals surface area contributed by atoms with Gasteiger partial charge in [0.05, 0.1) is 50.9 Å². The van der Waals surface area contributed by atoms with Gasteiger partial charge in [-0.2, -0.15) is 0 Å². The Morgan fingerprint density at radius 3 is 1.66 bits per heavy atom. The fourth-order valence-corrected chi connectivity index (χ4v) is 4.07. The molecule has 0 radical (unpaired) electrons. The van der Waals surface area contributed by atoms with E-state index in [1.54, 1.807) is 84.9 Å². The molecule has 0 saturated heterocycles. The van der Waals surface area contributed by atoms with Crippen molar-refractivity contribution in [2.24, 2.45) is 10.2 Å². The van der Waals surface area contributed by atoms with E-state index < -0.39 is 5.91 Å².